The summed E-state index contributed by atoms with van der Waals surface area (Å²) in [6, 6.07) is 28.4. The molecule has 0 spiro atoms. The van der Waals surface area contributed by atoms with Crippen molar-refractivity contribution in [3.63, 3.8) is 0 Å². The van der Waals surface area contributed by atoms with Crippen molar-refractivity contribution in [1.29, 1.82) is 0 Å². The van der Waals surface area contributed by atoms with E-state index in [9.17, 15) is 0 Å². The van der Waals surface area contributed by atoms with Crippen molar-refractivity contribution in [2.75, 3.05) is 7.11 Å². The van der Waals surface area contributed by atoms with Gasteiger partial charge >= 0.3 is 0 Å². The molecule has 2 aromatic heterocycles. The minimum atomic E-state index is -1.02. The van der Waals surface area contributed by atoms with E-state index in [1.54, 1.807) is 7.11 Å². The Balaban J connectivity index is 1.76. The number of para-hydroxylation sites is 3. The zero-order valence-corrected chi connectivity index (χ0v) is 15.6. The molecule has 27 heavy (non-hydrogen) atoms. The Morgan fingerprint density at radius 2 is 1.19 bits per heavy atom. The molecular weight excluding hydrogens is 355 g/mol. The highest BCUT2D eigenvalue weighted by molar-refractivity contribution is 7.79. The fourth-order valence-electron chi connectivity index (χ4n) is 3.32. The second kappa shape index (κ2) is 6.61. The van der Waals surface area contributed by atoms with E-state index >= 15 is 0 Å². The number of furan rings is 2. The van der Waals surface area contributed by atoms with Gasteiger partial charge in [-0.2, -0.15) is 0 Å². The van der Waals surface area contributed by atoms with Crippen LogP contribution in [0.3, 0.4) is 0 Å². The third-order valence-electron chi connectivity index (χ3n) is 4.59. The van der Waals surface area contributed by atoms with E-state index in [0.29, 0.717) is 0 Å². The minimum absolute atomic E-state index is 0.838. The first-order chi connectivity index (χ1) is 13.3. The highest BCUT2D eigenvalue weighted by Crippen LogP contribution is 2.39. The predicted molar refractivity (Wildman–Crippen MR) is 111 cm³/mol. The quantitative estimate of drug-likeness (QED) is 0.419. The molecule has 0 radical (unpaired) electrons. The number of fused-ring (bicyclic) bond motifs is 2. The maximum Gasteiger partial charge on any atom is 0.139 e. The molecule has 0 unspecified atom stereocenters. The Hall–Kier alpha value is -3.03. The zero-order valence-electron chi connectivity index (χ0n) is 14.8. The van der Waals surface area contributed by atoms with Crippen molar-refractivity contribution in [1.82, 2.24) is 0 Å². The molecule has 3 nitrogen and oxygen atoms in total. The van der Waals surface area contributed by atoms with E-state index in [2.05, 4.69) is 30.3 Å². The van der Waals surface area contributed by atoms with E-state index in [1.807, 2.05) is 54.6 Å². The lowest BCUT2D eigenvalue weighted by Crippen LogP contribution is -2.20. The number of ether oxygens (including phenoxy) is 1. The van der Waals surface area contributed by atoms with Gasteiger partial charge in [0.25, 0.3) is 0 Å². The normalized spacial score (nSPS) is 11.5. The second-order valence-corrected chi connectivity index (χ2v) is 8.29. The van der Waals surface area contributed by atoms with E-state index in [1.165, 1.54) is 0 Å². The zero-order chi connectivity index (χ0) is 18.2. The predicted octanol–water partition coefficient (Wildman–Crippen LogP) is 4.95. The largest absolute Gasteiger partial charge is 0.496 e. The summed E-state index contributed by atoms with van der Waals surface area (Å²) < 4.78 is 18.1. The van der Waals surface area contributed by atoms with E-state index in [4.69, 9.17) is 13.6 Å². The summed E-state index contributed by atoms with van der Waals surface area (Å²) in [5, 5.41) is 3.25. The van der Waals surface area contributed by atoms with Crippen LogP contribution in [0.4, 0.5) is 0 Å². The summed E-state index contributed by atoms with van der Waals surface area (Å²) in [5.74, 6) is 0.838. The average Bonchev–Trinajstić information content (AvgIpc) is 3.32. The molecule has 0 bridgehead atoms. The number of benzene rings is 3. The van der Waals surface area contributed by atoms with Crippen molar-refractivity contribution in [3.8, 4) is 5.75 Å². The monoisotopic (exact) mass is 372 g/mol. The van der Waals surface area contributed by atoms with Crippen LogP contribution in [0.15, 0.2) is 93.8 Å². The minimum Gasteiger partial charge on any atom is -0.496 e. The Bertz CT molecular complexity index is 1090. The fourth-order valence-corrected chi connectivity index (χ4v) is 5.55. The lowest BCUT2D eigenvalue weighted by atomic mass is 10.3. The Morgan fingerprint density at radius 1 is 0.667 bits per heavy atom. The van der Waals surface area contributed by atoms with Gasteiger partial charge in [0.05, 0.1) is 15.0 Å². The third kappa shape index (κ3) is 2.81. The van der Waals surface area contributed by atoms with Crippen molar-refractivity contribution in [3.05, 3.63) is 84.9 Å². The fraction of sp³-hybridized carbons (Fsp3) is 0.0435. The molecule has 5 aromatic rings. The number of hydrogen-bond donors (Lipinski definition) is 0. The molecule has 0 aliphatic rings. The maximum absolute atomic E-state index is 6.25. The van der Waals surface area contributed by atoms with Crippen LogP contribution in [0.25, 0.3) is 21.9 Å². The first-order valence-electron chi connectivity index (χ1n) is 8.74. The number of rotatable bonds is 4. The lowest BCUT2D eigenvalue weighted by Gasteiger charge is -2.16. The Morgan fingerprint density at radius 3 is 1.74 bits per heavy atom. The molecule has 3 aromatic carbocycles. The van der Waals surface area contributed by atoms with Gasteiger partial charge in [0, 0.05) is 16.1 Å². The van der Waals surface area contributed by atoms with Crippen molar-refractivity contribution >= 4 is 46.2 Å². The maximum atomic E-state index is 6.25. The van der Waals surface area contributed by atoms with Gasteiger partial charge in [0.1, 0.15) is 27.9 Å². The SMILES string of the molecule is COc1ccccc1P(c1cc2ccccc2o1)c1cc2ccccc2o1. The van der Waals surface area contributed by atoms with Gasteiger partial charge < -0.3 is 13.6 Å². The van der Waals surface area contributed by atoms with Crippen LogP contribution in [0.2, 0.25) is 0 Å². The van der Waals surface area contributed by atoms with Gasteiger partial charge in [-0.05, 0) is 36.4 Å². The van der Waals surface area contributed by atoms with Crippen LogP contribution in [0.1, 0.15) is 0 Å². The molecule has 4 heteroatoms. The number of methoxy groups -OCH3 is 1. The molecule has 5 rings (SSSR count). The first-order valence-corrected chi connectivity index (χ1v) is 10.1. The summed E-state index contributed by atoms with van der Waals surface area (Å²) in [7, 11) is 0.673. The summed E-state index contributed by atoms with van der Waals surface area (Å²) in [4.78, 5) is 0. The molecule has 0 saturated carbocycles. The Kier molecular flexibility index (Phi) is 3.95. The Labute approximate surface area is 157 Å². The van der Waals surface area contributed by atoms with Crippen LogP contribution in [0.5, 0.6) is 5.75 Å². The topological polar surface area (TPSA) is 35.5 Å². The second-order valence-electron chi connectivity index (χ2n) is 6.25. The van der Waals surface area contributed by atoms with E-state index < -0.39 is 7.92 Å². The smallest absolute Gasteiger partial charge is 0.139 e. The van der Waals surface area contributed by atoms with Crippen LogP contribution in [-0.2, 0) is 0 Å². The van der Waals surface area contributed by atoms with Crippen molar-refractivity contribution in [2.45, 2.75) is 0 Å². The van der Waals surface area contributed by atoms with Crippen molar-refractivity contribution < 1.29 is 13.6 Å². The standard InChI is InChI=1S/C23H17O3P/c1-24-20-12-6-7-13-21(20)27(22-14-16-8-2-4-10-18(16)25-22)23-15-17-9-3-5-11-19(17)26-23/h2-15H,1H3. The molecule has 0 atom stereocenters. The summed E-state index contributed by atoms with van der Waals surface area (Å²) in [6.45, 7) is 0. The van der Waals surface area contributed by atoms with Crippen LogP contribution >= 0.6 is 7.92 Å². The summed E-state index contributed by atoms with van der Waals surface area (Å²) >= 11 is 0. The van der Waals surface area contributed by atoms with Crippen LogP contribution in [0, 0.1) is 0 Å². The molecule has 0 aliphatic carbocycles. The van der Waals surface area contributed by atoms with E-state index in [-0.39, 0.29) is 0 Å². The van der Waals surface area contributed by atoms with E-state index in [0.717, 1.165) is 44.0 Å². The highest BCUT2D eigenvalue weighted by atomic mass is 31.1. The molecule has 2 heterocycles. The van der Waals surface area contributed by atoms with Gasteiger partial charge in [0.15, 0.2) is 0 Å². The van der Waals surface area contributed by atoms with Crippen LogP contribution < -0.4 is 21.0 Å². The molecule has 132 valence electrons. The van der Waals surface area contributed by atoms with Crippen molar-refractivity contribution in [2.24, 2.45) is 0 Å². The molecule has 0 aliphatic heterocycles. The summed E-state index contributed by atoms with van der Waals surface area (Å²) in [5.41, 5.74) is 3.56. The molecule has 0 fully saturated rings. The number of hydrogen-bond acceptors (Lipinski definition) is 3. The van der Waals surface area contributed by atoms with Gasteiger partial charge in [-0.1, -0.05) is 48.5 Å². The molecule has 0 N–H and O–H groups in total. The van der Waals surface area contributed by atoms with Gasteiger partial charge in [-0.25, -0.2) is 0 Å². The van der Waals surface area contributed by atoms with Gasteiger partial charge in [0.2, 0.25) is 0 Å². The molecular formula is C23H17O3P. The summed E-state index contributed by atoms with van der Waals surface area (Å²) in [6.07, 6.45) is 0. The van der Waals surface area contributed by atoms with Gasteiger partial charge in [-0.3, -0.25) is 0 Å². The van der Waals surface area contributed by atoms with Crippen LogP contribution in [-0.4, -0.2) is 7.11 Å². The molecule has 0 saturated heterocycles. The highest BCUT2D eigenvalue weighted by Gasteiger charge is 2.27. The third-order valence-corrected chi connectivity index (χ3v) is 6.77. The van der Waals surface area contributed by atoms with Gasteiger partial charge in [-0.15, -0.1) is 0 Å². The molecule has 0 amide bonds. The first kappa shape index (κ1) is 16.2. The average molecular weight is 372 g/mol. The lowest BCUT2D eigenvalue weighted by molar-refractivity contribution is 0.418.